The van der Waals surface area contributed by atoms with Crippen molar-refractivity contribution in [3.05, 3.63) is 53.5 Å². The van der Waals surface area contributed by atoms with Crippen molar-refractivity contribution in [2.75, 3.05) is 0 Å². The highest BCUT2D eigenvalue weighted by atomic mass is 16.4. The topological polar surface area (TPSA) is 99.8 Å². The van der Waals surface area contributed by atoms with Gasteiger partial charge in [-0.05, 0) is 30.7 Å². The molecule has 0 aliphatic heterocycles. The molecule has 0 saturated carbocycles. The highest BCUT2D eigenvalue weighted by molar-refractivity contribution is 5.95. The van der Waals surface area contributed by atoms with Crippen LogP contribution in [-0.4, -0.2) is 28.1 Å². The molecule has 1 aromatic heterocycles. The third-order valence-electron chi connectivity index (χ3n) is 3.05. The molecule has 1 atom stereocenters. The van der Waals surface area contributed by atoms with Crippen molar-refractivity contribution in [1.29, 1.82) is 0 Å². The van der Waals surface area contributed by atoms with Crippen LogP contribution in [0.1, 0.15) is 21.7 Å². The second kappa shape index (κ2) is 6.13. The smallest absolute Gasteiger partial charge is 0.326 e. The number of hydrogen-bond donors (Lipinski definition) is 3. The van der Waals surface area contributed by atoms with Gasteiger partial charge in [-0.1, -0.05) is 12.1 Å². The van der Waals surface area contributed by atoms with Gasteiger partial charge < -0.3 is 19.9 Å². The lowest BCUT2D eigenvalue weighted by Gasteiger charge is -2.14. The van der Waals surface area contributed by atoms with Crippen molar-refractivity contribution in [3.8, 4) is 5.75 Å². The number of nitrogens with one attached hydrogen (secondary N) is 1. The maximum absolute atomic E-state index is 12.0. The third-order valence-corrected chi connectivity index (χ3v) is 3.05. The molecule has 1 amide bonds. The summed E-state index contributed by atoms with van der Waals surface area (Å²) in [6, 6.07) is 6.70. The molecule has 110 valence electrons. The molecule has 21 heavy (non-hydrogen) atoms. The van der Waals surface area contributed by atoms with E-state index >= 15 is 0 Å². The predicted molar refractivity (Wildman–Crippen MR) is 74.1 cm³/mol. The van der Waals surface area contributed by atoms with Crippen molar-refractivity contribution in [2.24, 2.45) is 0 Å². The largest absolute Gasteiger partial charge is 0.508 e. The van der Waals surface area contributed by atoms with Crippen LogP contribution in [0, 0.1) is 6.92 Å². The molecule has 0 saturated heterocycles. The Labute approximate surface area is 121 Å². The number of aromatic hydroxyl groups is 1. The Morgan fingerprint density at radius 1 is 1.24 bits per heavy atom. The fraction of sp³-hybridized carbons (Fsp3) is 0.200. The van der Waals surface area contributed by atoms with E-state index in [2.05, 4.69) is 5.32 Å². The van der Waals surface area contributed by atoms with Crippen molar-refractivity contribution in [2.45, 2.75) is 19.4 Å². The van der Waals surface area contributed by atoms with Gasteiger partial charge in [0, 0.05) is 12.0 Å². The number of furan rings is 1. The minimum Gasteiger partial charge on any atom is -0.508 e. The molecule has 0 fully saturated rings. The van der Waals surface area contributed by atoms with Gasteiger partial charge in [0.1, 0.15) is 11.8 Å². The fourth-order valence-corrected chi connectivity index (χ4v) is 1.90. The number of carbonyl (C=O) groups excluding carboxylic acids is 1. The molecule has 0 unspecified atom stereocenters. The number of hydrogen-bond acceptors (Lipinski definition) is 4. The lowest BCUT2D eigenvalue weighted by Crippen LogP contribution is -2.42. The summed E-state index contributed by atoms with van der Waals surface area (Å²) in [5.41, 5.74) is 1.33. The highest BCUT2D eigenvalue weighted by Crippen LogP contribution is 2.13. The lowest BCUT2D eigenvalue weighted by molar-refractivity contribution is -0.139. The van der Waals surface area contributed by atoms with Crippen LogP contribution >= 0.6 is 0 Å². The molecule has 1 aromatic carbocycles. The van der Waals surface area contributed by atoms with Gasteiger partial charge >= 0.3 is 5.97 Å². The number of benzene rings is 1. The number of carbonyl (C=O) groups is 2. The number of rotatable bonds is 5. The summed E-state index contributed by atoms with van der Waals surface area (Å²) in [5.74, 6) is -1.50. The number of carboxylic acids is 1. The van der Waals surface area contributed by atoms with Crippen LogP contribution in [0.3, 0.4) is 0 Å². The molecular formula is C15H15NO5. The van der Waals surface area contributed by atoms with Crippen LogP contribution in [0.4, 0.5) is 0 Å². The fourth-order valence-electron chi connectivity index (χ4n) is 1.90. The van der Waals surface area contributed by atoms with Gasteiger partial charge in [-0.3, -0.25) is 4.79 Å². The lowest BCUT2D eigenvalue weighted by atomic mass is 10.1. The minimum atomic E-state index is -1.14. The van der Waals surface area contributed by atoms with Gasteiger partial charge in [0.25, 0.3) is 5.91 Å². The molecule has 0 spiro atoms. The van der Waals surface area contributed by atoms with Crippen LogP contribution in [-0.2, 0) is 11.2 Å². The maximum Gasteiger partial charge on any atom is 0.326 e. The van der Waals surface area contributed by atoms with Crippen LogP contribution in [0.2, 0.25) is 0 Å². The summed E-state index contributed by atoms with van der Waals surface area (Å²) in [4.78, 5) is 23.2. The van der Waals surface area contributed by atoms with Crippen molar-refractivity contribution >= 4 is 11.9 Å². The van der Waals surface area contributed by atoms with Gasteiger partial charge in [-0.25, -0.2) is 4.79 Å². The molecule has 3 N–H and O–H groups in total. The van der Waals surface area contributed by atoms with Crippen molar-refractivity contribution in [1.82, 2.24) is 5.32 Å². The molecule has 1 heterocycles. The van der Waals surface area contributed by atoms with E-state index in [1.807, 2.05) is 0 Å². The first kappa shape index (κ1) is 14.6. The molecule has 2 rings (SSSR count). The normalized spacial score (nSPS) is 11.9. The zero-order valence-electron chi connectivity index (χ0n) is 11.4. The SMILES string of the molecule is Cc1ccoc1C(=O)N[C@@H](Cc1ccc(O)cc1)C(=O)O. The second-order valence-corrected chi connectivity index (χ2v) is 4.67. The first-order valence-corrected chi connectivity index (χ1v) is 6.33. The van der Waals surface area contributed by atoms with Gasteiger partial charge in [0.05, 0.1) is 6.26 Å². The van der Waals surface area contributed by atoms with E-state index < -0.39 is 17.9 Å². The van der Waals surface area contributed by atoms with Gasteiger partial charge in [0.2, 0.25) is 0 Å². The van der Waals surface area contributed by atoms with E-state index in [1.165, 1.54) is 18.4 Å². The standard InChI is InChI=1S/C15H15NO5/c1-9-6-7-21-13(9)14(18)16-12(15(19)20)8-10-2-4-11(17)5-3-10/h2-7,12,17H,8H2,1H3,(H,16,18)(H,19,20)/t12-/m0/s1. The quantitative estimate of drug-likeness (QED) is 0.778. The number of carboxylic acid groups (broad SMARTS) is 1. The summed E-state index contributed by atoms with van der Waals surface area (Å²) in [5, 5.41) is 20.8. The molecule has 0 bridgehead atoms. The zero-order valence-corrected chi connectivity index (χ0v) is 11.4. The van der Waals surface area contributed by atoms with Crippen LogP contribution in [0.15, 0.2) is 41.0 Å². The molecular weight excluding hydrogens is 274 g/mol. The Kier molecular flexibility index (Phi) is 4.27. The van der Waals surface area contributed by atoms with Gasteiger partial charge in [0.15, 0.2) is 5.76 Å². The van der Waals surface area contributed by atoms with Crippen molar-refractivity contribution < 1.29 is 24.2 Å². The Morgan fingerprint density at radius 3 is 2.43 bits per heavy atom. The molecule has 0 aliphatic rings. The third kappa shape index (κ3) is 3.62. The van der Waals surface area contributed by atoms with Gasteiger partial charge in [-0.15, -0.1) is 0 Å². The monoisotopic (exact) mass is 289 g/mol. The predicted octanol–water partition coefficient (Wildman–Crippen LogP) is 1.72. The number of aliphatic carboxylic acids is 1. The number of amides is 1. The zero-order chi connectivity index (χ0) is 15.4. The molecule has 2 aromatic rings. The average molecular weight is 289 g/mol. The van der Waals surface area contributed by atoms with E-state index in [4.69, 9.17) is 4.42 Å². The van der Waals surface area contributed by atoms with E-state index in [-0.39, 0.29) is 17.9 Å². The summed E-state index contributed by atoms with van der Waals surface area (Å²) in [6.07, 6.45) is 1.49. The molecule has 6 heteroatoms. The summed E-state index contributed by atoms with van der Waals surface area (Å²) < 4.78 is 5.03. The Hall–Kier alpha value is -2.76. The van der Waals surface area contributed by atoms with E-state index in [0.717, 1.165) is 0 Å². The summed E-state index contributed by atoms with van der Waals surface area (Å²) in [7, 11) is 0. The van der Waals surface area contributed by atoms with E-state index in [9.17, 15) is 19.8 Å². The minimum absolute atomic E-state index is 0.0980. The number of phenols is 1. The van der Waals surface area contributed by atoms with Crippen LogP contribution < -0.4 is 5.32 Å². The molecule has 6 nitrogen and oxygen atoms in total. The first-order valence-electron chi connectivity index (χ1n) is 6.33. The Morgan fingerprint density at radius 2 is 1.90 bits per heavy atom. The van der Waals surface area contributed by atoms with Crippen LogP contribution in [0.25, 0.3) is 0 Å². The van der Waals surface area contributed by atoms with Gasteiger partial charge in [-0.2, -0.15) is 0 Å². The average Bonchev–Trinajstić information content (AvgIpc) is 2.86. The number of aryl methyl sites for hydroxylation is 1. The van der Waals surface area contributed by atoms with E-state index in [0.29, 0.717) is 11.1 Å². The Balaban J connectivity index is 2.09. The van der Waals surface area contributed by atoms with Crippen LogP contribution in [0.5, 0.6) is 5.75 Å². The summed E-state index contributed by atoms with van der Waals surface area (Å²) >= 11 is 0. The number of phenolic OH excluding ortho intramolecular Hbond substituents is 1. The maximum atomic E-state index is 12.0. The van der Waals surface area contributed by atoms with E-state index in [1.54, 1.807) is 25.1 Å². The first-order chi connectivity index (χ1) is 9.97. The molecule has 0 radical (unpaired) electrons. The van der Waals surface area contributed by atoms with Crippen molar-refractivity contribution in [3.63, 3.8) is 0 Å². The Bertz CT molecular complexity index is 644. The molecule has 0 aliphatic carbocycles. The summed E-state index contributed by atoms with van der Waals surface area (Å²) in [6.45, 7) is 1.70. The second-order valence-electron chi connectivity index (χ2n) is 4.67. The highest BCUT2D eigenvalue weighted by Gasteiger charge is 2.23.